The first-order valence-electron chi connectivity index (χ1n) is 9.54. The zero-order chi connectivity index (χ0) is 23.6. The molecule has 0 spiro atoms. The van der Waals surface area contributed by atoms with E-state index in [2.05, 4.69) is 20.0 Å². The summed E-state index contributed by atoms with van der Waals surface area (Å²) >= 11 is 0. The molecule has 11 nitrogen and oxygen atoms in total. The Hall–Kier alpha value is -3.84. The lowest BCUT2D eigenvalue weighted by Crippen LogP contribution is -2.33. The summed E-state index contributed by atoms with van der Waals surface area (Å²) in [7, 11) is -7.92. The summed E-state index contributed by atoms with van der Waals surface area (Å²) in [5, 5.41) is 2.55. The Morgan fingerprint density at radius 2 is 1.64 bits per heavy atom. The van der Waals surface area contributed by atoms with Crippen LogP contribution in [0.4, 0.5) is 11.6 Å². The second kappa shape index (κ2) is 8.60. The summed E-state index contributed by atoms with van der Waals surface area (Å²) in [5.41, 5.74) is 0.373. The number of aromatic nitrogens is 2. The molecule has 2 heterocycles. The zero-order valence-electron chi connectivity index (χ0n) is 16.9. The van der Waals surface area contributed by atoms with Gasteiger partial charge in [-0.05, 0) is 42.5 Å². The summed E-state index contributed by atoms with van der Waals surface area (Å²) in [6.45, 7) is -0.324. The first kappa shape index (κ1) is 22.4. The highest BCUT2D eigenvalue weighted by Crippen LogP contribution is 2.29. The number of carbonyl (C=O) groups excluding carboxylic acids is 2. The van der Waals surface area contributed by atoms with Gasteiger partial charge in [0.15, 0.2) is 0 Å². The van der Waals surface area contributed by atoms with Crippen LogP contribution >= 0.6 is 0 Å². The smallest absolute Gasteiger partial charge is 0.269 e. The molecule has 2 amide bonds. The van der Waals surface area contributed by atoms with Crippen LogP contribution in [0.25, 0.3) is 0 Å². The molecule has 13 heteroatoms. The monoisotopic (exact) mass is 487 g/mol. The molecule has 0 aliphatic carbocycles. The molecule has 0 atom stereocenters. The van der Waals surface area contributed by atoms with Crippen molar-refractivity contribution in [1.29, 1.82) is 0 Å². The van der Waals surface area contributed by atoms with E-state index >= 15 is 0 Å². The lowest BCUT2D eigenvalue weighted by Gasteiger charge is -2.15. The lowest BCUT2D eigenvalue weighted by atomic mass is 10.2. The number of hydrogen-bond acceptors (Lipinski definition) is 8. The summed E-state index contributed by atoms with van der Waals surface area (Å²) < 4.78 is 52.8. The van der Waals surface area contributed by atoms with E-state index in [1.807, 2.05) is 0 Å². The van der Waals surface area contributed by atoms with Crippen LogP contribution in [0.15, 0.2) is 76.8 Å². The molecule has 0 fully saturated rings. The Labute approximate surface area is 189 Å². The van der Waals surface area contributed by atoms with Gasteiger partial charge in [0.05, 0.1) is 10.5 Å². The number of rotatable bonds is 7. The molecule has 1 aliphatic heterocycles. The van der Waals surface area contributed by atoms with E-state index in [-0.39, 0.29) is 34.3 Å². The largest absolute Gasteiger partial charge is 0.326 e. The number of hydrogen-bond donors (Lipinski definition) is 2. The third-order valence-electron chi connectivity index (χ3n) is 4.69. The van der Waals surface area contributed by atoms with Gasteiger partial charge < -0.3 is 5.32 Å². The van der Waals surface area contributed by atoms with Crippen LogP contribution in [0.2, 0.25) is 0 Å². The van der Waals surface area contributed by atoms with Crippen molar-refractivity contribution < 1.29 is 26.4 Å². The third-order valence-corrected chi connectivity index (χ3v) is 7.88. The molecule has 0 saturated heterocycles. The minimum absolute atomic E-state index is 0.0699. The Morgan fingerprint density at radius 1 is 0.970 bits per heavy atom. The number of sulfonamides is 2. The zero-order valence-corrected chi connectivity index (χ0v) is 18.5. The van der Waals surface area contributed by atoms with Crippen molar-refractivity contribution in [3.05, 3.63) is 72.6 Å². The second-order valence-electron chi connectivity index (χ2n) is 6.88. The maximum atomic E-state index is 12.5. The van der Waals surface area contributed by atoms with Gasteiger partial charge in [0.2, 0.25) is 11.9 Å². The molecule has 0 bridgehead atoms. The average Bonchev–Trinajstić information content (AvgIpc) is 2.98. The highest BCUT2D eigenvalue weighted by Gasteiger charge is 2.40. The van der Waals surface area contributed by atoms with Gasteiger partial charge in [0.25, 0.3) is 26.0 Å². The van der Waals surface area contributed by atoms with Gasteiger partial charge >= 0.3 is 0 Å². The molecule has 170 valence electrons. The van der Waals surface area contributed by atoms with E-state index in [0.717, 1.165) is 0 Å². The molecule has 2 aromatic carbocycles. The van der Waals surface area contributed by atoms with Gasteiger partial charge in [-0.25, -0.2) is 35.8 Å². The fourth-order valence-corrected chi connectivity index (χ4v) is 5.65. The molecule has 33 heavy (non-hydrogen) atoms. The SMILES string of the molecule is O=C(CCN1C(=O)c2ccccc2S1(=O)=O)Nc1ccc(S(=O)(=O)Nc2ncccn2)cc1. The van der Waals surface area contributed by atoms with Gasteiger partial charge in [-0.3, -0.25) is 9.59 Å². The maximum absolute atomic E-state index is 12.5. The van der Waals surface area contributed by atoms with Crippen LogP contribution in [0.3, 0.4) is 0 Å². The van der Waals surface area contributed by atoms with Crippen LogP contribution in [-0.4, -0.2) is 49.5 Å². The third kappa shape index (κ3) is 4.54. The van der Waals surface area contributed by atoms with Crippen molar-refractivity contribution in [3.8, 4) is 0 Å². The first-order chi connectivity index (χ1) is 15.7. The van der Waals surface area contributed by atoms with E-state index in [4.69, 9.17) is 0 Å². The number of carbonyl (C=O) groups is 2. The summed E-state index contributed by atoms with van der Waals surface area (Å²) in [6, 6.07) is 12.7. The Kier molecular flexibility index (Phi) is 5.82. The summed E-state index contributed by atoms with van der Waals surface area (Å²) in [4.78, 5) is 32.1. The normalized spacial score (nSPS) is 14.5. The van der Waals surface area contributed by atoms with Crippen LogP contribution < -0.4 is 10.0 Å². The quantitative estimate of drug-likeness (QED) is 0.507. The number of nitrogens with one attached hydrogen (secondary N) is 2. The Bertz CT molecular complexity index is 1430. The van der Waals surface area contributed by atoms with Gasteiger partial charge in [0, 0.05) is 31.0 Å². The summed E-state index contributed by atoms with van der Waals surface area (Å²) in [5.74, 6) is -1.30. The van der Waals surface area contributed by atoms with Crippen LogP contribution in [-0.2, 0) is 24.8 Å². The molecule has 0 radical (unpaired) electrons. The minimum Gasteiger partial charge on any atom is -0.326 e. The van der Waals surface area contributed by atoms with Crippen molar-refractivity contribution >= 4 is 43.5 Å². The van der Waals surface area contributed by atoms with E-state index in [1.54, 1.807) is 12.1 Å². The second-order valence-corrected chi connectivity index (χ2v) is 10.4. The first-order valence-corrected chi connectivity index (χ1v) is 12.5. The van der Waals surface area contributed by atoms with E-state index in [0.29, 0.717) is 9.99 Å². The van der Waals surface area contributed by atoms with E-state index < -0.39 is 31.9 Å². The van der Waals surface area contributed by atoms with Gasteiger partial charge in [-0.1, -0.05) is 12.1 Å². The number of nitrogens with zero attached hydrogens (tertiary/aromatic N) is 3. The van der Waals surface area contributed by atoms with Crippen molar-refractivity contribution in [2.75, 3.05) is 16.6 Å². The maximum Gasteiger partial charge on any atom is 0.269 e. The van der Waals surface area contributed by atoms with E-state index in [1.165, 1.54) is 54.9 Å². The van der Waals surface area contributed by atoms with Gasteiger partial charge in [-0.2, -0.15) is 0 Å². The molecule has 0 saturated carbocycles. The van der Waals surface area contributed by atoms with Crippen molar-refractivity contribution in [2.45, 2.75) is 16.2 Å². The molecular weight excluding hydrogens is 470 g/mol. The lowest BCUT2D eigenvalue weighted by molar-refractivity contribution is -0.116. The van der Waals surface area contributed by atoms with Gasteiger partial charge in [-0.15, -0.1) is 0 Å². The molecule has 4 rings (SSSR count). The minimum atomic E-state index is -3.99. The van der Waals surface area contributed by atoms with Crippen LogP contribution in [0, 0.1) is 0 Å². The van der Waals surface area contributed by atoms with Crippen LogP contribution in [0.1, 0.15) is 16.8 Å². The average molecular weight is 488 g/mol. The Morgan fingerprint density at radius 3 is 2.30 bits per heavy atom. The van der Waals surface area contributed by atoms with Crippen molar-refractivity contribution in [3.63, 3.8) is 0 Å². The fraction of sp³-hybridized carbons (Fsp3) is 0.100. The predicted molar refractivity (Wildman–Crippen MR) is 117 cm³/mol. The molecule has 2 N–H and O–H groups in total. The topological polar surface area (TPSA) is 156 Å². The van der Waals surface area contributed by atoms with Crippen molar-refractivity contribution in [1.82, 2.24) is 14.3 Å². The molecule has 1 aliphatic rings. The number of anilines is 2. The highest BCUT2D eigenvalue weighted by molar-refractivity contribution is 7.92. The Balaban J connectivity index is 1.37. The number of amides is 2. The standard InChI is InChI=1S/C20H17N5O6S2/c26-18(10-13-25-19(27)16-4-1-2-5-17(16)33(25,30)31)23-14-6-8-15(9-7-14)32(28,29)24-20-21-11-3-12-22-20/h1-9,11-12H,10,13H2,(H,23,26)(H,21,22,24). The molecular formula is C20H17N5O6S2. The number of benzene rings is 2. The van der Waals surface area contributed by atoms with Crippen LogP contribution in [0.5, 0.6) is 0 Å². The van der Waals surface area contributed by atoms with Gasteiger partial charge in [0.1, 0.15) is 4.90 Å². The molecule has 0 unspecified atom stereocenters. The van der Waals surface area contributed by atoms with Crippen molar-refractivity contribution in [2.24, 2.45) is 0 Å². The molecule has 3 aromatic rings. The highest BCUT2D eigenvalue weighted by atomic mass is 32.2. The molecule has 1 aromatic heterocycles. The number of fused-ring (bicyclic) bond motifs is 1. The predicted octanol–water partition coefficient (Wildman–Crippen LogP) is 1.45. The summed E-state index contributed by atoms with van der Waals surface area (Å²) in [6.07, 6.45) is 2.51. The fourth-order valence-electron chi connectivity index (χ4n) is 3.13. The van der Waals surface area contributed by atoms with E-state index in [9.17, 15) is 26.4 Å².